The Bertz CT molecular complexity index is 1700. The minimum absolute atomic E-state index is 0.0430. The molecule has 4 aromatic rings. The lowest BCUT2D eigenvalue weighted by atomic mass is 10.0. The lowest BCUT2D eigenvalue weighted by Crippen LogP contribution is -2.53. The maximum Gasteiger partial charge on any atom is 0.264 e. The van der Waals surface area contributed by atoms with Gasteiger partial charge in [-0.2, -0.15) is 0 Å². The van der Waals surface area contributed by atoms with Gasteiger partial charge in [-0.15, -0.1) is 0 Å². The number of benzene rings is 4. The SMILES string of the molecule is COc1ccc(N(CC(=O)N(Cc2ccc(Cl)cc2)[C@@H](Cc2ccccc2)C(=O)NCC(C)C)S(=O)(=O)c2ccc(C)cc2)cc1. The van der Waals surface area contributed by atoms with Gasteiger partial charge in [0.05, 0.1) is 17.7 Å². The molecule has 0 spiro atoms. The van der Waals surface area contributed by atoms with Gasteiger partial charge >= 0.3 is 0 Å². The summed E-state index contributed by atoms with van der Waals surface area (Å²) in [7, 11) is -2.68. The van der Waals surface area contributed by atoms with Crippen molar-refractivity contribution in [2.24, 2.45) is 5.92 Å². The molecule has 0 heterocycles. The maximum absolute atomic E-state index is 14.5. The number of sulfonamides is 1. The van der Waals surface area contributed by atoms with Crippen LogP contribution < -0.4 is 14.4 Å². The van der Waals surface area contributed by atoms with Crippen molar-refractivity contribution in [2.75, 3.05) is 24.5 Å². The summed E-state index contributed by atoms with van der Waals surface area (Å²) in [6, 6.07) is 28.5. The number of anilines is 1. The number of methoxy groups -OCH3 is 1. The van der Waals surface area contributed by atoms with Crippen molar-refractivity contribution in [3.05, 3.63) is 125 Å². The van der Waals surface area contributed by atoms with Gasteiger partial charge in [-0.25, -0.2) is 8.42 Å². The van der Waals surface area contributed by atoms with E-state index < -0.39 is 28.5 Å². The van der Waals surface area contributed by atoms with Gasteiger partial charge in [0, 0.05) is 24.5 Å². The molecule has 8 nitrogen and oxygen atoms in total. The van der Waals surface area contributed by atoms with E-state index >= 15 is 0 Å². The van der Waals surface area contributed by atoms with Gasteiger partial charge in [0.15, 0.2) is 0 Å². The van der Waals surface area contributed by atoms with Gasteiger partial charge in [-0.3, -0.25) is 13.9 Å². The van der Waals surface area contributed by atoms with Crippen molar-refractivity contribution in [1.82, 2.24) is 10.2 Å². The number of hydrogen-bond donors (Lipinski definition) is 1. The molecule has 1 N–H and O–H groups in total. The number of nitrogens with one attached hydrogen (secondary N) is 1. The van der Waals surface area contributed by atoms with Crippen LogP contribution in [0.5, 0.6) is 5.75 Å². The molecule has 46 heavy (non-hydrogen) atoms. The molecule has 0 saturated heterocycles. The second-order valence-electron chi connectivity index (χ2n) is 11.5. The molecule has 0 radical (unpaired) electrons. The summed E-state index contributed by atoms with van der Waals surface area (Å²) in [6.07, 6.45) is 0.233. The zero-order chi connectivity index (χ0) is 33.3. The standard InChI is InChI=1S/C36H40ClN3O5S/c1-26(2)23-38-36(42)34(22-28-8-6-5-7-9-28)39(24-29-12-14-30(37)15-13-29)35(41)25-40(31-16-18-32(45-4)19-17-31)46(43,44)33-20-10-27(3)11-21-33/h5-21,26,34H,22-25H2,1-4H3,(H,38,42)/t34-/m0/s1. The van der Waals surface area contributed by atoms with Crippen LogP contribution >= 0.6 is 11.6 Å². The fourth-order valence-corrected chi connectivity index (χ4v) is 6.42. The minimum Gasteiger partial charge on any atom is -0.497 e. The third-order valence-electron chi connectivity index (χ3n) is 7.47. The van der Waals surface area contributed by atoms with Crippen LogP contribution in [0.1, 0.15) is 30.5 Å². The van der Waals surface area contributed by atoms with Crippen molar-refractivity contribution in [3.8, 4) is 5.75 Å². The molecule has 0 aliphatic rings. The highest BCUT2D eigenvalue weighted by atomic mass is 35.5. The number of halogens is 1. The van der Waals surface area contributed by atoms with Crippen LogP contribution in [0.2, 0.25) is 5.02 Å². The third-order valence-corrected chi connectivity index (χ3v) is 9.51. The predicted octanol–water partition coefficient (Wildman–Crippen LogP) is 6.26. The van der Waals surface area contributed by atoms with Gasteiger partial charge in [0.1, 0.15) is 18.3 Å². The molecule has 10 heteroatoms. The molecule has 2 amide bonds. The quantitative estimate of drug-likeness (QED) is 0.172. The molecule has 0 aromatic heterocycles. The number of nitrogens with zero attached hydrogens (tertiary/aromatic N) is 2. The van der Waals surface area contributed by atoms with E-state index in [4.69, 9.17) is 16.3 Å². The first-order chi connectivity index (χ1) is 22.0. The molecule has 0 unspecified atom stereocenters. The Morgan fingerprint density at radius 1 is 0.848 bits per heavy atom. The molecule has 0 bridgehead atoms. The number of hydrogen-bond acceptors (Lipinski definition) is 5. The van der Waals surface area contributed by atoms with Crippen molar-refractivity contribution in [2.45, 2.75) is 44.7 Å². The van der Waals surface area contributed by atoms with E-state index in [1.807, 2.05) is 51.1 Å². The van der Waals surface area contributed by atoms with Gasteiger partial charge in [0.2, 0.25) is 11.8 Å². The van der Waals surface area contributed by atoms with Crippen molar-refractivity contribution < 1.29 is 22.7 Å². The van der Waals surface area contributed by atoms with Crippen molar-refractivity contribution in [1.29, 1.82) is 0 Å². The van der Waals surface area contributed by atoms with Crippen molar-refractivity contribution in [3.63, 3.8) is 0 Å². The second-order valence-corrected chi connectivity index (χ2v) is 13.8. The van der Waals surface area contributed by atoms with Gasteiger partial charge in [0.25, 0.3) is 10.0 Å². The number of carbonyl (C=O) groups is 2. The van der Waals surface area contributed by atoms with Crippen LogP contribution in [0, 0.1) is 12.8 Å². The highest BCUT2D eigenvalue weighted by molar-refractivity contribution is 7.92. The summed E-state index contributed by atoms with van der Waals surface area (Å²) in [5, 5.41) is 3.53. The van der Waals surface area contributed by atoms with E-state index in [-0.39, 0.29) is 35.4 Å². The van der Waals surface area contributed by atoms with Crippen LogP contribution in [0.25, 0.3) is 0 Å². The smallest absolute Gasteiger partial charge is 0.264 e. The lowest BCUT2D eigenvalue weighted by Gasteiger charge is -2.34. The van der Waals surface area contributed by atoms with Crippen molar-refractivity contribution >= 4 is 39.1 Å². The molecular formula is C36H40ClN3O5S. The average Bonchev–Trinajstić information content (AvgIpc) is 3.05. The van der Waals surface area contributed by atoms with Gasteiger partial charge < -0.3 is 15.0 Å². The van der Waals surface area contributed by atoms with Crippen LogP contribution in [-0.2, 0) is 32.6 Å². The summed E-state index contributed by atoms with van der Waals surface area (Å²) < 4.78 is 34.7. The number of ether oxygens (including phenoxy) is 1. The van der Waals surface area contributed by atoms with Crippen LogP contribution in [-0.4, -0.2) is 51.4 Å². The van der Waals surface area contributed by atoms with E-state index in [0.717, 1.165) is 21.0 Å². The number of rotatable bonds is 14. The fourth-order valence-electron chi connectivity index (χ4n) is 4.88. The number of amides is 2. The van der Waals surface area contributed by atoms with E-state index in [9.17, 15) is 18.0 Å². The molecule has 0 aliphatic carbocycles. The average molecular weight is 662 g/mol. The largest absolute Gasteiger partial charge is 0.497 e. The van der Waals surface area contributed by atoms with Crippen LogP contribution in [0.3, 0.4) is 0 Å². The second kappa shape index (κ2) is 15.8. The van der Waals surface area contributed by atoms with E-state index in [0.29, 0.717) is 17.3 Å². The Labute approximate surface area is 277 Å². The Balaban J connectivity index is 1.79. The first kappa shape index (κ1) is 34.5. The van der Waals surface area contributed by atoms with Gasteiger partial charge in [-0.1, -0.05) is 85.6 Å². The zero-order valence-corrected chi connectivity index (χ0v) is 28.1. The molecule has 0 fully saturated rings. The summed E-state index contributed by atoms with van der Waals surface area (Å²) in [5.41, 5.74) is 2.78. The molecular weight excluding hydrogens is 622 g/mol. The van der Waals surface area contributed by atoms with Crippen LogP contribution in [0.15, 0.2) is 108 Å². The molecule has 242 valence electrons. The molecule has 4 rings (SSSR count). The Hall–Kier alpha value is -4.34. The minimum atomic E-state index is -4.20. The zero-order valence-electron chi connectivity index (χ0n) is 26.5. The Kier molecular flexibility index (Phi) is 11.8. The Morgan fingerprint density at radius 2 is 1.48 bits per heavy atom. The molecule has 0 saturated carbocycles. The summed E-state index contributed by atoms with van der Waals surface area (Å²) in [6.45, 7) is 5.79. The van der Waals surface area contributed by atoms with E-state index in [2.05, 4.69) is 5.32 Å². The monoisotopic (exact) mass is 661 g/mol. The lowest BCUT2D eigenvalue weighted by molar-refractivity contribution is -0.140. The number of carbonyl (C=O) groups excluding carboxylic acids is 2. The number of aryl methyl sites for hydroxylation is 1. The Morgan fingerprint density at radius 3 is 2.07 bits per heavy atom. The first-order valence-electron chi connectivity index (χ1n) is 15.1. The van der Waals surface area contributed by atoms with Gasteiger partial charge in [-0.05, 0) is 72.5 Å². The first-order valence-corrected chi connectivity index (χ1v) is 16.9. The van der Waals surface area contributed by atoms with E-state index in [1.165, 1.54) is 24.1 Å². The fraction of sp³-hybridized carbons (Fsp3) is 0.278. The summed E-state index contributed by atoms with van der Waals surface area (Å²) in [5.74, 6) is -0.136. The maximum atomic E-state index is 14.5. The topological polar surface area (TPSA) is 96.0 Å². The highest BCUT2D eigenvalue weighted by Gasteiger charge is 2.34. The predicted molar refractivity (Wildman–Crippen MR) is 182 cm³/mol. The van der Waals surface area contributed by atoms with Crippen LogP contribution in [0.4, 0.5) is 5.69 Å². The molecule has 0 aliphatic heterocycles. The highest BCUT2D eigenvalue weighted by Crippen LogP contribution is 2.27. The normalized spacial score (nSPS) is 12.0. The summed E-state index contributed by atoms with van der Waals surface area (Å²) in [4.78, 5) is 29.9. The molecule has 4 aromatic carbocycles. The van der Waals surface area contributed by atoms with E-state index in [1.54, 1.807) is 60.7 Å². The molecule has 1 atom stereocenters. The third kappa shape index (κ3) is 9.11. The summed E-state index contributed by atoms with van der Waals surface area (Å²) >= 11 is 6.15.